The van der Waals surface area contributed by atoms with Crippen LogP contribution < -0.4 is 0 Å². The fourth-order valence-electron chi connectivity index (χ4n) is 1.68. The Morgan fingerprint density at radius 3 is 2.86 bits per heavy atom. The van der Waals surface area contributed by atoms with Gasteiger partial charge in [0.1, 0.15) is 0 Å². The molecule has 0 aliphatic rings. The molecule has 0 spiro atoms. The van der Waals surface area contributed by atoms with Gasteiger partial charge in [0.05, 0.1) is 5.75 Å². The number of hydrogen-bond donors (Lipinski definition) is 0. The van der Waals surface area contributed by atoms with Crippen LogP contribution in [0.5, 0.6) is 0 Å². The van der Waals surface area contributed by atoms with Gasteiger partial charge in [0.15, 0.2) is 5.82 Å². The Labute approximate surface area is 125 Å². The summed E-state index contributed by atoms with van der Waals surface area (Å²) in [6, 6.07) is 3.63. The third kappa shape index (κ3) is 3.46. The van der Waals surface area contributed by atoms with E-state index in [1.807, 2.05) is 12.1 Å². The molecule has 0 atom stereocenters. The van der Waals surface area contributed by atoms with Crippen LogP contribution in [0.25, 0.3) is 11.5 Å². The molecule has 21 heavy (non-hydrogen) atoms. The normalized spacial score (nSPS) is 10.9. The zero-order valence-electron chi connectivity index (χ0n) is 11.4. The van der Waals surface area contributed by atoms with E-state index in [4.69, 9.17) is 8.94 Å². The lowest BCUT2D eigenvalue weighted by atomic mass is 10.3. The van der Waals surface area contributed by atoms with E-state index in [9.17, 15) is 0 Å². The lowest BCUT2D eigenvalue weighted by Gasteiger charge is -1.92. The monoisotopic (exact) mass is 303 g/mol. The van der Waals surface area contributed by atoms with Crippen molar-refractivity contribution >= 4 is 11.8 Å². The molecule has 108 valence electrons. The first kappa shape index (κ1) is 13.7. The molecule has 0 unspecified atom stereocenters. The van der Waals surface area contributed by atoms with Gasteiger partial charge in [-0.2, -0.15) is 4.98 Å². The minimum absolute atomic E-state index is 0.469. The Kier molecular flexibility index (Phi) is 4.25. The predicted molar refractivity (Wildman–Crippen MR) is 75.4 cm³/mol. The van der Waals surface area contributed by atoms with Crippen molar-refractivity contribution in [2.75, 3.05) is 0 Å². The number of aromatic nitrogens is 5. The average Bonchev–Trinajstić information content (AvgIpc) is 3.16. The van der Waals surface area contributed by atoms with Crippen molar-refractivity contribution in [1.82, 2.24) is 25.3 Å². The first-order valence-corrected chi connectivity index (χ1v) is 7.52. The van der Waals surface area contributed by atoms with Gasteiger partial charge in [-0.05, 0) is 18.6 Å². The third-order valence-corrected chi connectivity index (χ3v) is 3.44. The van der Waals surface area contributed by atoms with Crippen LogP contribution in [0.4, 0.5) is 0 Å². The smallest absolute Gasteiger partial charge is 0.277 e. The van der Waals surface area contributed by atoms with Crippen LogP contribution in [0.2, 0.25) is 0 Å². The van der Waals surface area contributed by atoms with Gasteiger partial charge < -0.3 is 8.94 Å². The molecule has 0 radical (unpaired) electrons. The first-order chi connectivity index (χ1) is 10.3. The van der Waals surface area contributed by atoms with Gasteiger partial charge in [0.2, 0.25) is 11.8 Å². The van der Waals surface area contributed by atoms with Gasteiger partial charge in [0.25, 0.3) is 5.22 Å². The third-order valence-electron chi connectivity index (χ3n) is 2.64. The molecule has 0 amide bonds. The van der Waals surface area contributed by atoms with Crippen LogP contribution in [-0.2, 0) is 12.2 Å². The summed E-state index contributed by atoms with van der Waals surface area (Å²) in [5, 5.41) is 12.4. The summed E-state index contributed by atoms with van der Waals surface area (Å²) >= 11 is 1.37. The molecule has 0 aliphatic carbocycles. The van der Waals surface area contributed by atoms with Crippen molar-refractivity contribution in [3.63, 3.8) is 0 Å². The number of hydrogen-bond acceptors (Lipinski definition) is 8. The molecule has 3 heterocycles. The Hall–Kier alpha value is -2.22. The quantitative estimate of drug-likeness (QED) is 0.642. The van der Waals surface area contributed by atoms with Crippen LogP contribution in [-0.4, -0.2) is 25.3 Å². The van der Waals surface area contributed by atoms with Crippen molar-refractivity contribution in [1.29, 1.82) is 0 Å². The Morgan fingerprint density at radius 2 is 2.05 bits per heavy atom. The predicted octanol–water partition coefficient (Wildman–Crippen LogP) is 2.76. The highest BCUT2D eigenvalue weighted by molar-refractivity contribution is 7.98. The Morgan fingerprint density at radius 1 is 1.19 bits per heavy atom. The number of nitrogens with zero attached hydrogens (tertiary/aromatic N) is 5. The van der Waals surface area contributed by atoms with E-state index in [0.717, 1.165) is 24.2 Å². The van der Waals surface area contributed by atoms with E-state index in [1.54, 1.807) is 12.4 Å². The van der Waals surface area contributed by atoms with Crippen LogP contribution >= 0.6 is 11.8 Å². The summed E-state index contributed by atoms with van der Waals surface area (Å²) in [6.07, 6.45) is 5.17. The van der Waals surface area contributed by atoms with E-state index in [2.05, 4.69) is 32.2 Å². The van der Waals surface area contributed by atoms with Gasteiger partial charge in [0, 0.05) is 24.4 Å². The molecule has 0 saturated heterocycles. The van der Waals surface area contributed by atoms with E-state index in [1.165, 1.54) is 11.8 Å². The molecule has 0 saturated carbocycles. The molecular formula is C13H13N5O2S. The summed E-state index contributed by atoms with van der Waals surface area (Å²) in [4.78, 5) is 8.23. The molecule has 3 rings (SSSR count). The van der Waals surface area contributed by atoms with Crippen molar-refractivity contribution in [2.24, 2.45) is 0 Å². The fourth-order valence-corrected chi connectivity index (χ4v) is 2.28. The highest BCUT2D eigenvalue weighted by atomic mass is 32.2. The molecule has 0 aliphatic heterocycles. The number of pyridine rings is 1. The zero-order chi connectivity index (χ0) is 14.5. The van der Waals surface area contributed by atoms with Crippen molar-refractivity contribution in [3.05, 3.63) is 36.2 Å². The molecule has 0 fully saturated rings. The largest absolute Gasteiger partial charge is 0.411 e. The molecule has 0 aromatic carbocycles. The standard InChI is InChI=1S/C13H13N5O2S/c1-2-3-10-15-11(20-18-10)8-21-13-17-16-12(19-13)9-4-6-14-7-5-9/h4-7H,2-3,8H2,1H3. The molecule has 8 heteroatoms. The first-order valence-electron chi connectivity index (χ1n) is 6.53. The van der Waals surface area contributed by atoms with E-state index in [0.29, 0.717) is 22.8 Å². The van der Waals surface area contributed by atoms with Gasteiger partial charge in [-0.15, -0.1) is 10.2 Å². The molecule has 3 aromatic heterocycles. The van der Waals surface area contributed by atoms with E-state index >= 15 is 0 Å². The second kappa shape index (κ2) is 6.49. The van der Waals surface area contributed by atoms with Crippen LogP contribution in [0.1, 0.15) is 25.1 Å². The Bertz CT molecular complexity index is 697. The molecule has 0 N–H and O–H groups in total. The summed E-state index contributed by atoms with van der Waals surface area (Å²) in [5.74, 6) is 2.27. The average molecular weight is 303 g/mol. The zero-order valence-corrected chi connectivity index (χ0v) is 12.2. The maximum atomic E-state index is 5.57. The van der Waals surface area contributed by atoms with Crippen molar-refractivity contribution < 1.29 is 8.94 Å². The maximum Gasteiger partial charge on any atom is 0.277 e. The lowest BCUT2D eigenvalue weighted by molar-refractivity contribution is 0.384. The Balaban J connectivity index is 1.62. The summed E-state index contributed by atoms with van der Waals surface area (Å²) < 4.78 is 10.7. The second-order valence-electron chi connectivity index (χ2n) is 4.25. The van der Waals surface area contributed by atoms with Gasteiger partial charge >= 0.3 is 0 Å². The number of aryl methyl sites for hydroxylation is 1. The molecule has 7 nitrogen and oxygen atoms in total. The molecular weight excluding hydrogens is 290 g/mol. The van der Waals surface area contributed by atoms with Gasteiger partial charge in [-0.1, -0.05) is 23.8 Å². The van der Waals surface area contributed by atoms with Crippen molar-refractivity contribution in [3.8, 4) is 11.5 Å². The maximum absolute atomic E-state index is 5.57. The summed E-state index contributed by atoms with van der Waals surface area (Å²) in [5.41, 5.74) is 0.840. The van der Waals surface area contributed by atoms with Crippen LogP contribution in [0, 0.1) is 0 Å². The SMILES string of the molecule is CCCc1noc(CSc2nnc(-c3ccncc3)o2)n1. The molecule has 0 bridgehead atoms. The summed E-state index contributed by atoms with van der Waals surface area (Å²) in [6.45, 7) is 2.07. The minimum atomic E-state index is 0.469. The number of thioether (sulfide) groups is 1. The fraction of sp³-hybridized carbons (Fsp3) is 0.308. The van der Waals surface area contributed by atoms with Crippen molar-refractivity contribution in [2.45, 2.75) is 30.7 Å². The van der Waals surface area contributed by atoms with Crippen LogP contribution in [0.15, 0.2) is 38.7 Å². The lowest BCUT2D eigenvalue weighted by Crippen LogP contribution is -1.86. The molecule has 3 aromatic rings. The van der Waals surface area contributed by atoms with E-state index < -0.39 is 0 Å². The topological polar surface area (TPSA) is 90.7 Å². The summed E-state index contributed by atoms with van der Waals surface area (Å²) in [7, 11) is 0. The highest BCUT2D eigenvalue weighted by Crippen LogP contribution is 2.24. The second-order valence-corrected chi connectivity index (χ2v) is 5.18. The van der Waals surface area contributed by atoms with Crippen LogP contribution in [0.3, 0.4) is 0 Å². The highest BCUT2D eigenvalue weighted by Gasteiger charge is 2.11. The number of rotatable bonds is 6. The van der Waals surface area contributed by atoms with Gasteiger partial charge in [-0.25, -0.2) is 0 Å². The van der Waals surface area contributed by atoms with E-state index in [-0.39, 0.29) is 0 Å². The van der Waals surface area contributed by atoms with Gasteiger partial charge in [-0.3, -0.25) is 4.98 Å². The minimum Gasteiger partial charge on any atom is -0.411 e.